The molecule has 0 saturated carbocycles. The first kappa shape index (κ1) is 26.0. The number of rotatable bonds is 8. The third-order valence-corrected chi connectivity index (χ3v) is 6.40. The van der Waals surface area contributed by atoms with Gasteiger partial charge >= 0.3 is 5.97 Å². The minimum atomic E-state index is -3.51. The van der Waals surface area contributed by atoms with Crippen molar-refractivity contribution >= 4 is 26.9 Å². The number of para-hydroxylation sites is 1. The maximum absolute atomic E-state index is 12.4. The Bertz CT molecular complexity index is 1440. The topological polar surface area (TPSA) is 112 Å². The van der Waals surface area contributed by atoms with E-state index in [1.807, 2.05) is 44.2 Å². The van der Waals surface area contributed by atoms with Crippen molar-refractivity contribution in [1.29, 1.82) is 0 Å². The fourth-order valence-corrected chi connectivity index (χ4v) is 4.66. The van der Waals surface area contributed by atoms with Gasteiger partial charge < -0.3 is 15.6 Å². The molecule has 1 heterocycles. The zero-order valence-corrected chi connectivity index (χ0v) is 20.9. The summed E-state index contributed by atoms with van der Waals surface area (Å²) in [5.41, 5.74) is 10.4. The van der Waals surface area contributed by atoms with Gasteiger partial charge in [0.25, 0.3) is 0 Å². The number of nitrogens with two attached hydrogens (primary N) is 1. The van der Waals surface area contributed by atoms with Crippen LogP contribution in [0.25, 0.3) is 22.0 Å². The molecule has 35 heavy (non-hydrogen) atoms. The van der Waals surface area contributed by atoms with Crippen molar-refractivity contribution in [2.75, 3.05) is 6.26 Å². The lowest BCUT2D eigenvalue weighted by Gasteiger charge is -2.14. The average Bonchev–Trinajstić information content (AvgIpc) is 3.28. The van der Waals surface area contributed by atoms with Crippen molar-refractivity contribution in [3.63, 3.8) is 0 Å². The molecule has 4 aromatic rings. The van der Waals surface area contributed by atoms with Crippen LogP contribution in [0.2, 0.25) is 0 Å². The Morgan fingerprint density at radius 1 is 1.00 bits per heavy atom. The molecule has 3 N–H and O–H groups in total. The van der Waals surface area contributed by atoms with E-state index >= 15 is 0 Å². The van der Waals surface area contributed by atoms with Crippen molar-refractivity contribution in [2.24, 2.45) is 5.73 Å². The summed E-state index contributed by atoms with van der Waals surface area (Å²) in [6, 6.07) is 20.3. The van der Waals surface area contributed by atoms with E-state index in [9.17, 15) is 13.2 Å². The number of nitrogens with zero attached hydrogens (tertiary/aromatic N) is 1. The molecule has 0 atom stereocenters. The van der Waals surface area contributed by atoms with Gasteiger partial charge in [-0.05, 0) is 52.6 Å². The fourth-order valence-electron chi connectivity index (χ4n) is 3.87. The van der Waals surface area contributed by atoms with Gasteiger partial charge in [0.05, 0.1) is 18.2 Å². The van der Waals surface area contributed by atoms with Gasteiger partial charge in [-0.15, -0.1) is 0 Å². The molecule has 0 aliphatic heterocycles. The van der Waals surface area contributed by atoms with Crippen molar-refractivity contribution in [3.05, 3.63) is 89.6 Å². The number of hydrogen-bond acceptors (Lipinski definition) is 5. The molecule has 7 nitrogen and oxygen atoms in total. The number of carbonyl (C=O) groups is 1. The van der Waals surface area contributed by atoms with Gasteiger partial charge in [0, 0.05) is 23.7 Å². The van der Waals surface area contributed by atoms with Crippen LogP contribution < -0.4 is 10.5 Å². The molecule has 0 fully saturated rings. The highest BCUT2D eigenvalue weighted by atomic mass is 32.2. The molecule has 0 aliphatic carbocycles. The molecule has 184 valence electrons. The summed E-state index contributed by atoms with van der Waals surface area (Å²) in [6.07, 6.45) is 2.55. The fraction of sp³-hybridized carbons (Fsp3) is 0.222. The lowest BCUT2D eigenvalue weighted by molar-refractivity contribution is -0.136. The summed E-state index contributed by atoms with van der Waals surface area (Å²) in [6.45, 7) is 4.54. The van der Waals surface area contributed by atoms with E-state index in [-0.39, 0.29) is 13.0 Å². The molecule has 3 aromatic carbocycles. The second-order valence-corrected chi connectivity index (χ2v) is 9.68. The zero-order chi connectivity index (χ0) is 25.6. The number of benzene rings is 3. The molecule has 0 unspecified atom stereocenters. The second kappa shape index (κ2) is 11.2. The van der Waals surface area contributed by atoms with Crippen LogP contribution in [0.4, 0.5) is 0 Å². The predicted molar refractivity (Wildman–Crippen MR) is 139 cm³/mol. The highest BCUT2D eigenvalue weighted by Gasteiger charge is 2.16. The Labute approximate surface area is 205 Å². The molecule has 0 aliphatic rings. The summed E-state index contributed by atoms with van der Waals surface area (Å²) in [7, 11) is -3.51. The number of aromatic nitrogens is 1. The van der Waals surface area contributed by atoms with E-state index in [0.29, 0.717) is 23.4 Å². The largest absolute Gasteiger partial charge is 0.489 e. The van der Waals surface area contributed by atoms with Gasteiger partial charge in [-0.2, -0.15) is 0 Å². The van der Waals surface area contributed by atoms with Crippen LogP contribution in [0.15, 0.2) is 72.9 Å². The molecule has 0 amide bonds. The third-order valence-electron chi connectivity index (χ3n) is 5.37. The van der Waals surface area contributed by atoms with E-state index in [2.05, 4.69) is 0 Å². The van der Waals surface area contributed by atoms with Gasteiger partial charge in [0.15, 0.2) is 0 Å². The number of fused-ring (bicyclic) bond motifs is 1. The summed E-state index contributed by atoms with van der Waals surface area (Å²) in [4.78, 5) is 11.2. The van der Waals surface area contributed by atoms with E-state index in [0.717, 1.165) is 33.9 Å². The summed E-state index contributed by atoms with van der Waals surface area (Å²) < 4.78 is 31.9. The standard InChI is InChI=1S/C25H24N2O5S.C2H6/c1-33(30,31)27-10-9-21-22(19-7-4-5-17(11-19)15-26)12-18(13-23(21)27)16-32-24-8-3-2-6-20(24)14-25(28)29;1-2/h2-13H,14-16,26H2,1H3,(H,28,29);1-2H3. The molecule has 0 bridgehead atoms. The Morgan fingerprint density at radius 2 is 1.74 bits per heavy atom. The van der Waals surface area contributed by atoms with Crippen LogP contribution in [-0.2, 0) is 34.4 Å². The lowest BCUT2D eigenvalue weighted by atomic mass is 9.97. The highest BCUT2D eigenvalue weighted by Crippen LogP contribution is 2.33. The Balaban J connectivity index is 0.00000167. The Hall–Kier alpha value is -3.62. The summed E-state index contributed by atoms with van der Waals surface area (Å²) >= 11 is 0. The van der Waals surface area contributed by atoms with Crippen LogP contribution in [0, 0.1) is 0 Å². The minimum absolute atomic E-state index is 0.144. The molecular weight excluding hydrogens is 464 g/mol. The SMILES string of the molecule is CC.CS(=O)(=O)n1ccc2c(-c3cccc(CN)c3)cc(COc3ccccc3CC(=O)O)cc21. The maximum atomic E-state index is 12.4. The molecule has 0 saturated heterocycles. The van der Waals surface area contributed by atoms with Crippen LogP contribution in [-0.4, -0.2) is 29.7 Å². The van der Waals surface area contributed by atoms with Gasteiger partial charge in [-0.1, -0.05) is 50.2 Å². The monoisotopic (exact) mass is 494 g/mol. The number of ether oxygens (including phenoxy) is 1. The lowest BCUT2D eigenvalue weighted by Crippen LogP contribution is -2.09. The smallest absolute Gasteiger partial charge is 0.307 e. The first-order valence-electron chi connectivity index (χ1n) is 11.3. The van der Waals surface area contributed by atoms with Gasteiger partial charge in [-0.3, -0.25) is 4.79 Å². The average molecular weight is 495 g/mol. The molecule has 0 radical (unpaired) electrons. The Kier molecular flexibility index (Phi) is 8.32. The van der Waals surface area contributed by atoms with E-state index in [1.165, 1.54) is 3.97 Å². The van der Waals surface area contributed by atoms with Crippen LogP contribution in [0.1, 0.15) is 30.5 Å². The quantitative estimate of drug-likeness (QED) is 0.364. The molecule has 4 rings (SSSR count). The third kappa shape index (κ3) is 6.09. The van der Waals surface area contributed by atoms with Crippen LogP contribution in [0.5, 0.6) is 5.75 Å². The second-order valence-electron chi connectivity index (χ2n) is 7.82. The van der Waals surface area contributed by atoms with E-state index in [1.54, 1.807) is 42.6 Å². The van der Waals surface area contributed by atoms with Crippen molar-refractivity contribution in [2.45, 2.75) is 33.4 Å². The number of aliphatic carboxylic acids is 1. The Morgan fingerprint density at radius 3 is 2.43 bits per heavy atom. The minimum Gasteiger partial charge on any atom is -0.489 e. The van der Waals surface area contributed by atoms with Crippen molar-refractivity contribution in [1.82, 2.24) is 3.97 Å². The molecule has 8 heteroatoms. The first-order valence-corrected chi connectivity index (χ1v) is 13.2. The normalized spacial score (nSPS) is 11.1. The molecule has 0 spiro atoms. The maximum Gasteiger partial charge on any atom is 0.307 e. The van der Waals surface area contributed by atoms with Crippen LogP contribution in [0.3, 0.4) is 0 Å². The highest BCUT2D eigenvalue weighted by molar-refractivity contribution is 7.89. The van der Waals surface area contributed by atoms with Crippen molar-refractivity contribution in [3.8, 4) is 16.9 Å². The summed E-state index contributed by atoms with van der Waals surface area (Å²) in [5, 5.41) is 9.96. The van der Waals surface area contributed by atoms with Gasteiger partial charge in [-0.25, -0.2) is 12.4 Å². The molecular formula is C27H30N2O5S. The molecule has 1 aromatic heterocycles. The van der Waals surface area contributed by atoms with Gasteiger partial charge in [0.2, 0.25) is 10.0 Å². The first-order chi connectivity index (χ1) is 16.8. The predicted octanol–water partition coefficient (Wildman–Crippen LogP) is 4.81. The van der Waals surface area contributed by atoms with E-state index in [4.69, 9.17) is 15.6 Å². The van der Waals surface area contributed by atoms with Crippen molar-refractivity contribution < 1.29 is 23.1 Å². The number of carboxylic acid groups (broad SMARTS) is 1. The summed E-state index contributed by atoms with van der Waals surface area (Å²) in [5.74, 6) is -0.467. The number of carboxylic acids is 1. The van der Waals surface area contributed by atoms with Crippen LogP contribution >= 0.6 is 0 Å². The van der Waals surface area contributed by atoms with Gasteiger partial charge in [0.1, 0.15) is 12.4 Å². The van der Waals surface area contributed by atoms with E-state index < -0.39 is 16.0 Å². The zero-order valence-electron chi connectivity index (χ0n) is 20.1. The number of hydrogen-bond donors (Lipinski definition) is 2.